The van der Waals surface area contributed by atoms with E-state index < -0.39 is 23.5 Å². The van der Waals surface area contributed by atoms with Gasteiger partial charge in [0.1, 0.15) is 17.5 Å². The van der Waals surface area contributed by atoms with E-state index in [1.807, 2.05) is 6.92 Å². The predicted octanol–water partition coefficient (Wildman–Crippen LogP) is 5.22. The second kappa shape index (κ2) is 6.81. The summed E-state index contributed by atoms with van der Waals surface area (Å²) < 4.78 is 41.5. The van der Waals surface area contributed by atoms with Crippen LogP contribution in [-0.4, -0.2) is 6.54 Å². The molecule has 0 aliphatic rings. The monoisotopic (exact) mass is 377 g/mol. The van der Waals surface area contributed by atoms with Crippen LogP contribution in [-0.2, 0) is 0 Å². The van der Waals surface area contributed by atoms with Crippen LogP contribution in [0.4, 0.5) is 13.2 Å². The molecule has 2 aromatic carbocycles. The first-order valence-corrected chi connectivity index (χ1v) is 7.44. The molecule has 112 valence electrons. The minimum atomic E-state index is -0.712. The molecule has 0 heterocycles. The van der Waals surface area contributed by atoms with Gasteiger partial charge in [-0.05, 0) is 46.2 Å². The van der Waals surface area contributed by atoms with Gasteiger partial charge in [-0.3, -0.25) is 0 Å². The molecule has 0 fully saturated rings. The minimum absolute atomic E-state index is 0.0627. The van der Waals surface area contributed by atoms with Gasteiger partial charge < -0.3 is 5.32 Å². The van der Waals surface area contributed by atoms with Gasteiger partial charge in [0.05, 0.1) is 11.1 Å². The summed E-state index contributed by atoms with van der Waals surface area (Å²) in [6, 6.07) is 5.56. The van der Waals surface area contributed by atoms with Crippen LogP contribution >= 0.6 is 27.5 Å². The maximum Gasteiger partial charge on any atom is 0.148 e. The van der Waals surface area contributed by atoms with E-state index in [0.29, 0.717) is 16.6 Å². The van der Waals surface area contributed by atoms with Crippen molar-refractivity contribution in [2.24, 2.45) is 0 Å². The molecule has 1 nitrogen and oxygen atoms in total. The van der Waals surface area contributed by atoms with Gasteiger partial charge in [0.25, 0.3) is 0 Å². The van der Waals surface area contributed by atoms with Crippen LogP contribution in [0.15, 0.2) is 34.8 Å². The molecule has 2 rings (SSSR count). The van der Waals surface area contributed by atoms with Crippen molar-refractivity contribution in [2.75, 3.05) is 6.54 Å². The normalized spacial score (nSPS) is 12.5. The van der Waals surface area contributed by atoms with E-state index in [9.17, 15) is 13.2 Å². The van der Waals surface area contributed by atoms with E-state index in [2.05, 4.69) is 21.2 Å². The topological polar surface area (TPSA) is 12.0 Å². The molecule has 0 bridgehead atoms. The second-order valence-corrected chi connectivity index (χ2v) is 5.69. The van der Waals surface area contributed by atoms with E-state index in [-0.39, 0.29) is 10.6 Å². The fraction of sp³-hybridized carbons (Fsp3) is 0.200. The van der Waals surface area contributed by atoms with Crippen molar-refractivity contribution in [3.05, 3.63) is 68.4 Å². The van der Waals surface area contributed by atoms with Gasteiger partial charge in [-0.15, -0.1) is 0 Å². The maximum atomic E-state index is 14.3. The largest absolute Gasteiger partial charge is 0.306 e. The third-order valence-corrected chi connectivity index (χ3v) is 4.26. The Labute approximate surface area is 134 Å². The van der Waals surface area contributed by atoms with Crippen LogP contribution in [0.1, 0.15) is 24.1 Å². The fourth-order valence-corrected chi connectivity index (χ4v) is 2.60. The molecule has 0 saturated carbocycles. The van der Waals surface area contributed by atoms with Gasteiger partial charge >= 0.3 is 0 Å². The average Bonchev–Trinajstić information content (AvgIpc) is 2.42. The number of rotatable bonds is 4. The van der Waals surface area contributed by atoms with Crippen molar-refractivity contribution >= 4 is 27.5 Å². The van der Waals surface area contributed by atoms with Gasteiger partial charge in [-0.1, -0.05) is 24.6 Å². The van der Waals surface area contributed by atoms with E-state index in [1.54, 1.807) is 6.07 Å². The van der Waals surface area contributed by atoms with Gasteiger partial charge in [-0.2, -0.15) is 0 Å². The van der Waals surface area contributed by atoms with Crippen LogP contribution in [0.2, 0.25) is 5.02 Å². The molecule has 0 aliphatic heterocycles. The van der Waals surface area contributed by atoms with E-state index in [0.717, 1.165) is 6.07 Å². The molecular formula is C15H12BrClF3N. The quantitative estimate of drug-likeness (QED) is 0.719. The van der Waals surface area contributed by atoms with E-state index in [1.165, 1.54) is 18.2 Å². The third-order valence-electron chi connectivity index (χ3n) is 3.00. The van der Waals surface area contributed by atoms with Crippen LogP contribution in [0.5, 0.6) is 0 Å². The molecule has 0 spiro atoms. The Morgan fingerprint density at radius 1 is 1.14 bits per heavy atom. The Bertz CT molecular complexity index is 643. The Balaban J connectivity index is 2.56. The zero-order valence-corrected chi connectivity index (χ0v) is 13.4. The lowest BCUT2D eigenvalue weighted by Crippen LogP contribution is -2.23. The number of hydrogen-bond donors (Lipinski definition) is 1. The van der Waals surface area contributed by atoms with E-state index >= 15 is 0 Å². The lowest BCUT2D eigenvalue weighted by Gasteiger charge is -2.20. The average molecular weight is 379 g/mol. The molecule has 0 saturated heterocycles. The van der Waals surface area contributed by atoms with Crippen molar-refractivity contribution in [2.45, 2.75) is 13.0 Å². The smallest absolute Gasteiger partial charge is 0.148 e. The fourth-order valence-electron chi connectivity index (χ4n) is 2.12. The Hall–Kier alpha value is -1.04. The van der Waals surface area contributed by atoms with Crippen molar-refractivity contribution in [3.63, 3.8) is 0 Å². The van der Waals surface area contributed by atoms with Crippen LogP contribution < -0.4 is 5.32 Å². The maximum absolute atomic E-state index is 14.3. The molecule has 2 aromatic rings. The Morgan fingerprint density at radius 3 is 2.33 bits per heavy atom. The highest BCUT2D eigenvalue weighted by Crippen LogP contribution is 2.33. The lowest BCUT2D eigenvalue weighted by molar-refractivity contribution is 0.543. The van der Waals surface area contributed by atoms with Gasteiger partial charge in [0, 0.05) is 16.1 Å². The molecular weight excluding hydrogens is 367 g/mol. The molecule has 1 unspecified atom stereocenters. The Morgan fingerprint density at radius 2 is 1.76 bits per heavy atom. The summed E-state index contributed by atoms with van der Waals surface area (Å²) in [5.41, 5.74) is 0.529. The SMILES string of the molecule is CCNC(c1cc(F)cc(F)c1)c1ccc(Br)c(Cl)c1F. The van der Waals surface area contributed by atoms with Crippen molar-refractivity contribution in [3.8, 4) is 0 Å². The predicted molar refractivity (Wildman–Crippen MR) is 81.0 cm³/mol. The first-order valence-electron chi connectivity index (χ1n) is 6.26. The Kier molecular flexibility index (Phi) is 5.30. The molecule has 1 atom stereocenters. The summed E-state index contributed by atoms with van der Waals surface area (Å²) in [4.78, 5) is 0. The molecule has 21 heavy (non-hydrogen) atoms. The van der Waals surface area contributed by atoms with Crippen molar-refractivity contribution in [1.29, 1.82) is 0 Å². The van der Waals surface area contributed by atoms with Crippen molar-refractivity contribution in [1.82, 2.24) is 5.32 Å². The van der Waals surface area contributed by atoms with Gasteiger partial charge in [0.15, 0.2) is 0 Å². The van der Waals surface area contributed by atoms with Crippen molar-refractivity contribution < 1.29 is 13.2 Å². The lowest BCUT2D eigenvalue weighted by atomic mass is 9.98. The van der Waals surface area contributed by atoms with Gasteiger partial charge in [0.2, 0.25) is 0 Å². The summed E-state index contributed by atoms with van der Waals surface area (Å²) in [7, 11) is 0. The van der Waals surface area contributed by atoms with Crippen LogP contribution in [0.25, 0.3) is 0 Å². The molecule has 6 heteroatoms. The van der Waals surface area contributed by atoms with Crippen LogP contribution in [0, 0.1) is 17.5 Å². The highest BCUT2D eigenvalue weighted by atomic mass is 79.9. The zero-order valence-electron chi connectivity index (χ0n) is 11.1. The van der Waals surface area contributed by atoms with E-state index in [4.69, 9.17) is 11.6 Å². The summed E-state index contributed by atoms with van der Waals surface area (Å²) in [5, 5.41) is 2.95. The summed E-state index contributed by atoms with van der Waals surface area (Å²) in [5.74, 6) is -2.05. The first-order chi connectivity index (χ1) is 9.93. The third kappa shape index (κ3) is 3.59. The molecule has 0 radical (unpaired) electrons. The summed E-state index contributed by atoms with van der Waals surface area (Å²) in [6.45, 7) is 2.32. The number of benzene rings is 2. The zero-order chi connectivity index (χ0) is 15.6. The number of nitrogens with one attached hydrogen (secondary N) is 1. The first kappa shape index (κ1) is 16.3. The number of halogens is 5. The second-order valence-electron chi connectivity index (χ2n) is 4.46. The summed E-state index contributed by atoms with van der Waals surface area (Å²) in [6.07, 6.45) is 0. The van der Waals surface area contributed by atoms with Gasteiger partial charge in [-0.25, -0.2) is 13.2 Å². The highest BCUT2D eigenvalue weighted by molar-refractivity contribution is 9.10. The standard InChI is InChI=1S/C15H12BrClF3N/c1-2-21-15(8-5-9(18)7-10(19)6-8)11-3-4-12(16)13(17)14(11)20/h3-7,15,21H,2H2,1H3. The van der Waals surface area contributed by atoms with Crippen LogP contribution in [0.3, 0.4) is 0 Å². The summed E-state index contributed by atoms with van der Waals surface area (Å²) >= 11 is 9.01. The highest BCUT2D eigenvalue weighted by Gasteiger charge is 2.21. The molecule has 0 amide bonds. The number of hydrogen-bond acceptors (Lipinski definition) is 1. The molecule has 1 N–H and O–H groups in total. The molecule has 0 aromatic heterocycles. The minimum Gasteiger partial charge on any atom is -0.306 e. The molecule has 0 aliphatic carbocycles.